The molecule has 0 fully saturated rings. The van der Waals surface area contributed by atoms with Crippen molar-refractivity contribution < 1.29 is 9.53 Å². The van der Waals surface area contributed by atoms with Gasteiger partial charge in [0.15, 0.2) is 6.10 Å². The van der Waals surface area contributed by atoms with E-state index in [1.165, 1.54) is 0 Å². The molecule has 3 N–H and O–H groups in total. The predicted octanol–water partition coefficient (Wildman–Crippen LogP) is 2.64. The van der Waals surface area contributed by atoms with Crippen molar-refractivity contribution in [2.75, 3.05) is 6.54 Å². The maximum absolute atomic E-state index is 12.3. The maximum atomic E-state index is 12.3. The van der Waals surface area contributed by atoms with E-state index in [4.69, 9.17) is 10.5 Å². The van der Waals surface area contributed by atoms with Crippen molar-refractivity contribution in [2.45, 2.75) is 52.7 Å². The number of nitrogens with two attached hydrogens (primary N) is 1. The van der Waals surface area contributed by atoms with Gasteiger partial charge in [-0.1, -0.05) is 31.5 Å². The van der Waals surface area contributed by atoms with Gasteiger partial charge in [0.25, 0.3) is 5.91 Å². The molecule has 1 aromatic carbocycles. The summed E-state index contributed by atoms with van der Waals surface area (Å²) in [6.07, 6.45) is 0.290. The Labute approximate surface area is 128 Å². The second kappa shape index (κ2) is 7.46. The van der Waals surface area contributed by atoms with Crippen LogP contribution in [0.15, 0.2) is 24.3 Å². The summed E-state index contributed by atoms with van der Waals surface area (Å²) in [6, 6.07) is 7.66. The molecule has 1 amide bonds. The highest BCUT2D eigenvalue weighted by Gasteiger charge is 2.28. The van der Waals surface area contributed by atoms with Crippen LogP contribution in [0.4, 0.5) is 0 Å². The Bertz CT molecular complexity index is 456. The van der Waals surface area contributed by atoms with Crippen LogP contribution in [0.25, 0.3) is 0 Å². The van der Waals surface area contributed by atoms with Crippen LogP contribution in [0, 0.1) is 12.8 Å². The number of rotatable bonds is 7. The first-order chi connectivity index (χ1) is 9.75. The van der Waals surface area contributed by atoms with Gasteiger partial charge in [0.1, 0.15) is 5.75 Å². The van der Waals surface area contributed by atoms with E-state index in [0.29, 0.717) is 18.2 Å². The van der Waals surface area contributed by atoms with Gasteiger partial charge in [0.05, 0.1) is 0 Å². The van der Waals surface area contributed by atoms with Crippen LogP contribution in [0.2, 0.25) is 0 Å². The van der Waals surface area contributed by atoms with Crippen molar-refractivity contribution in [3.8, 4) is 5.75 Å². The van der Waals surface area contributed by atoms with E-state index in [1.54, 1.807) is 6.92 Å². The van der Waals surface area contributed by atoms with Crippen molar-refractivity contribution in [3.05, 3.63) is 29.8 Å². The van der Waals surface area contributed by atoms with Gasteiger partial charge in [-0.3, -0.25) is 4.79 Å². The standard InChI is InChI=1S/C17H28N2O2/c1-12(2)10-17(5,11-18)19-16(20)14(4)21-15-8-6-13(3)7-9-15/h6-9,12,14H,10-11,18H2,1-5H3,(H,19,20). The van der Waals surface area contributed by atoms with Crippen LogP contribution in [0.1, 0.15) is 39.7 Å². The van der Waals surface area contributed by atoms with Gasteiger partial charge in [-0.05, 0) is 45.2 Å². The lowest BCUT2D eigenvalue weighted by molar-refractivity contribution is -0.129. The molecule has 2 unspecified atom stereocenters. The maximum Gasteiger partial charge on any atom is 0.261 e. The molecule has 21 heavy (non-hydrogen) atoms. The minimum atomic E-state index is -0.550. The lowest BCUT2D eigenvalue weighted by Gasteiger charge is -2.32. The van der Waals surface area contributed by atoms with Crippen molar-refractivity contribution in [3.63, 3.8) is 0 Å². The van der Waals surface area contributed by atoms with Crippen LogP contribution in [-0.2, 0) is 4.79 Å². The first-order valence-corrected chi connectivity index (χ1v) is 7.51. The highest BCUT2D eigenvalue weighted by atomic mass is 16.5. The molecular formula is C17H28N2O2. The third-order valence-electron chi connectivity index (χ3n) is 3.44. The molecule has 0 aliphatic rings. The van der Waals surface area contributed by atoms with Crippen molar-refractivity contribution >= 4 is 5.91 Å². The van der Waals surface area contributed by atoms with E-state index in [1.807, 2.05) is 38.1 Å². The Morgan fingerprint density at radius 1 is 1.29 bits per heavy atom. The van der Waals surface area contributed by atoms with Crippen molar-refractivity contribution in [2.24, 2.45) is 11.7 Å². The zero-order valence-corrected chi connectivity index (χ0v) is 13.8. The first kappa shape index (κ1) is 17.5. The normalized spacial score (nSPS) is 15.4. The molecule has 118 valence electrons. The largest absolute Gasteiger partial charge is 0.481 e. The second-order valence-corrected chi connectivity index (χ2v) is 6.43. The molecule has 1 aromatic rings. The fraction of sp³-hybridized carbons (Fsp3) is 0.588. The molecule has 0 saturated carbocycles. The van der Waals surface area contributed by atoms with E-state index in [2.05, 4.69) is 19.2 Å². The number of aryl methyl sites for hydroxylation is 1. The Morgan fingerprint density at radius 3 is 2.33 bits per heavy atom. The minimum Gasteiger partial charge on any atom is -0.481 e. The van der Waals surface area contributed by atoms with Crippen LogP contribution in [-0.4, -0.2) is 24.1 Å². The number of hydrogen-bond acceptors (Lipinski definition) is 3. The predicted molar refractivity (Wildman–Crippen MR) is 86.3 cm³/mol. The van der Waals surface area contributed by atoms with E-state index in [9.17, 15) is 4.79 Å². The molecule has 4 nitrogen and oxygen atoms in total. The summed E-state index contributed by atoms with van der Waals surface area (Å²) < 4.78 is 5.67. The Morgan fingerprint density at radius 2 is 1.86 bits per heavy atom. The lowest BCUT2D eigenvalue weighted by atomic mass is 9.90. The van der Waals surface area contributed by atoms with E-state index in [0.717, 1.165) is 12.0 Å². The van der Waals surface area contributed by atoms with Gasteiger partial charge in [-0.15, -0.1) is 0 Å². The summed E-state index contributed by atoms with van der Waals surface area (Å²) >= 11 is 0. The fourth-order valence-electron chi connectivity index (χ4n) is 2.36. The lowest BCUT2D eigenvalue weighted by Crippen LogP contribution is -2.55. The highest BCUT2D eigenvalue weighted by Crippen LogP contribution is 2.17. The fourth-order valence-corrected chi connectivity index (χ4v) is 2.36. The molecule has 2 atom stereocenters. The molecular weight excluding hydrogens is 264 g/mol. The average Bonchev–Trinajstić information content (AvgIpc) is 2.40. The Balaban J connectivity index is 2.63. The number of carbonyl (C=O) groups excluding carboxylic acids is 1. The molecule has 0 aliphatic carbocycles. The van der Waals surface area contributed by atoms with Crippen molar-refractivity contribution in [1.29, 1.82) is 0 Å². The zero-order chi connectivity index (χ0) is 16.0. The summed E-state index contributed by atoms with van der Waals surface area (Å²) in [5.74, 6) is 1.03. The monoisotopic (exact) mass is 292 g/mol. The number of carbonyl (C=O) groups is 1. The molecule has 0 spiro atoms. The Hall–Kier alpha value is -1.55. The number of hydrogen-bond donors (Lipinski definition) is 2. The summed E-state index contributed by atoms with van der Waals surface area (Å²) in [5.41, 5.74) is 6.58. The molecule has 1 rings (SSSR count). The molecule has 0 bridgehead atoms. The molecule has 0 aliphatic heterocycles. The summed E-state index contributed by atoms with van der Waals surface area (Å²) in [7, 11) is 0. The summed E-state index contributed by atoms with van der Waals surface area (Å²) in [4.78, 5) is 12.3. The average molecular weight is 292 g/mol. The van der Waals surface area contributed by atoms with Crippen LogP contribution in [0.3, 0.4) is 0 Å². The van der Waals surface area contributed by atoms with E-state index < -0.39 is 11.6 Å². The van der Waals surface area contributed by atoms with Crippen LogP contribution in [0.5, 0.6) is 5.75 Å². The van der Waals surface area contributed by atoms with Gasteiger partial charge >= 0.3 is 0 Å². The van der Waals surface area contributed by atoms with E-state index in [-0.39, 0.29) is 5.91 Å². The van der Waals surface area contributed by atoms with Gasteiger partial charge in [-0.2, -0.15) is 0 Å². The van der Waals surface area contributed by atoms with Crippen LogP contribution >= 0.6 is 0 Å². The molecule has 4 heteroatoms. The van der Waals surface area contributed by atoms with E-state index >= 15 is 0 Å². The third kappa shape index (κ3) is 5.76. The molecule has 0 heterocycles. The van der Waals surface area contributed by atoms with Gasteiger partial charge in [-0.25, -0.2) is 0 Å². The molecule has 0 saturated heterocycles. The summed E-state index contributed by atoms with van der Waals surface area (Å²) in [6.45, 7) is 10.4. The van der Waals surface area contributed by atoms with Crippen molar-refractivity contribution in [1.82, 2.24) is 5.32 Å². The third-order valence-corrected chi connectivity index (χ3v) is 3.44. The SMILES string of the molecule is Cc1ccc(OC(C)C(=O)NC(C)(CN)CC(C)C)cc1. The highest BCUT2D eigenvalue weighted by molar-refractivity contribution is 5.81. The number of benzene rings is 1. The van der Waals surface area contributed by atoms with Gasteiger partial charge in [0.2, 0.25) is 0 Å². The van der Waals surface area contributed by atoms with Gasteiger partial charge < -0.3 is 15.8 Å². The summed E-state index contributed by atoms with van der Waals surface area (Å²) in [5, 5.41) is 3.02. The number of ether oxygens (including phenoxy) is 1. The minimum absolute atomic E-state index is 0.135. The Kier molecular flexibility index (Phi) is 6.21. The second-order valence-electron chi connectivity index (χ2n) is 6.43. The topological polar surface area (TPSA) is 64.3 Å². The molecule has 0 aromatic heterocycles. The van der Waals surface area contributed by atoms with Gasteiger partial charge in [0, 0.05) is 12.1 Å². The number of nitrogens with one attached hydrogen (secondary N) is 1. The smallest absolute Gasteiger partial charge is 0.261 e. The number of amides is 1. The molecule has 0 radical (unpaired) electrons. The first-order valence-electron chi connectivity index (χ1n) is 7.51. The van der Waals surface area contributed by atoms with Crippen LogP contribution < -0.4 is 15.8 Å². The zero-order valence-electron chi connectivity index (χ0n) is 13.8. The quantitative estimate of drug-likeness (QED) is 0.812.